The smallest absolute Gasteiger partial charge is 0.337 e. The molecule has 1 N–H and O–H groups in total. The Morgan fingerprint density at radius 2 is 1.71 bits per heavy atom. The van der Waals surface area contributed by atoms with E-state index in [2.05, 4.69) is 17.3 Å². The van der Waals surface area contributed by atoms with E-state index in [9.17, 15) is 4.79 Å². The fourth-order valence-electron chi connectivity index (χ4n) is 4.54. The zero-order chi connectivity index (χ0) is 24.2. The van der Waals surface area contributed by atoms with Crippen LogP contribution in [0.1, 0.15) is 36.5 Å². The minimum absolute atomic E-state index is 0.138. The average Bonchev–Trinajstić information content (AvgIpc) is 3.00. The summed E-state index contributed by atoms with van der Waals surface area (Å²) < 4.78 is 17.3. The van der Waals surface area contributed by atoms with Gasteiger partial charge in [-0.2, -0.15) is 5.10 Å². The van der Waals surface area contributed by atoms with Gasteiger partial charge in [-0.1, -0.05) is 0 Å². The van der Waals surface area contributed by atoms with Gasteiger partial charge in [0.25, 0.3) is 0 Å². The van der Waals surface area contributed by atoms with Crippen LogP contribution in [0.15, 0.2) is 41.5 Å². The Labute approximate surface area is 201 Å². The lowest BCUT2D eigenvalue weighted by molar-refractivity contribution is 0.114. The average molecular weight is 467 g/mol. The molecule has 0 aromatic heterocycles. The Kier molecular flexibility index (Phi) is 7.26. The molecule has 1 saturated heterocycles. The summed E-state index contributed by atoms with van der Waals surface area (Å²) in [7, 11) is 7.00. The first-order valence-electron chi connectivity index (χ1n) is 11.7. The summed E-state index contributed by atoms with van der Waals surface area (Å²) in [5, 5.41) is 9.03. The molecular weight excluding hydrogens is 432 g/mol. The SMILES string of the molecule is CNC(=O)N1N=C(c2ccc(OC3CCN(C)CC3)cc2)c2cc(OC)c(OC)cc2CC1C. The molecule has 1 atom stereocenters. The third-order valence-corrected chi connectivity index (χ3v) is 6.52. The van der Waals surface area contributed by atoms with Gasteiger partial charge in [-0.25, -0.2) is 9.80 Å². The predicted octanol–water partition coefficient (Wildman–Crippen LogP) is 3.52. The standard InChI is InChI=1S/C26H34N4O4/c1-17-14-19-15-23(32-4)24(33-5)16-22(19)25(28-30(17)26(31)27-2)18-6-8-20(9-7-18)34-21-10-12-29(3)13-11-21/h6-9,15-17,21H,10-14H2,1-5H3,(H,27,31). The Balaban J connectivity index is 1.70. The van der Waals surface area contributed by atoms with E-state index in [1.807, 2.05) is 43.3 Å². The molecule has 34 heavy (non-hydrogen) atoms. The number of amides is 2. The molecule has 1 fully saturated rings. The second-order valence-corrected chi connectivity index (χ2v) is 8.91. The van der Waals surface area contributed by atoms with Crippen molar-refractivity contribution >= 4 is 11.7 Å². The Bertz CT molecular complexity index is 1050. The van der Waals surface area contributed by atoms with Gasteiger partial charge in [0, 0.05) is 31.3 Å². The number of hydrazone groups is 1. The zero-order valence-corrected chi connectivity index (χ0v) is 20.6. The van der Waals surface area contributed by atoms with E-state index in [0.717, 1.165) is 48.4 Å². The normalized spacial score (nSPS) is 19.0. The van der Waals surface area contributed by atoms with Crippen molar-refractivity contribution in [3.63, 3.8) is 0 Å². The molecule has 0 bridgehead atoms. The lowest BCUT2D eigenvalue weighted by Gasteiger charge is -2.29. The number of hydrogen-bond acceptors (Lipinski definition) is 6. The highest BCUT2D eigenvalue weighted by Crippen LogP contribution is 2.35. The molecule has 0 radical (unpaired) electrons. The number of nitrogens with zero attached hydrogens (tertiary/aromatic N) is 3. The number of carbonyl (C=O) groups excluding carboxylic acids is 1. The molecule has 2 heterocycles. The molecule has 2 amide bonds. The Morgan fingerprint density at radius 1 is 1.06 bits per heavy atom. The van der Waals surface area contributed by atoms with Gasteiger partial charge in [0.1, 0.15) is 11.9 Å². The number of piperidine rings is 1. The van der Waals surface area contributed by atoms with Gasteiger partial charge in [-0.05, 0) is 75.2 Å². The Morgan fingerprint density at radius 3 is 2.32 bits per heavy atom. The molecule has 2 aromatic rings. The van der Waals surface area contributed by atoms with Crippen molar-refractivity contribution in [1.82, 2.24) is 15.2 Å². The topological polar surface area (TPSA) is 75.6 Å². The molecule has 2 aliphatic heterocycles. The fraction of sp³-hybridized carbons (Fsp3) is 0.462. The molecule has 0 aliphatic carbocycles. The molecular formula is C26H34N4O4. The van der Waals surface area contributed by atoms with E-state index < -0.39 is 0 Å². The van der Waals surface area contributed by atoms with Crippen LogP contribution in [0, 0.1) is 0 Å². The zero-order valence-electron chi connectivity index (χ0n) is 20.6. The van der Waals surface area contributed by atoms with Crippen LogP contribution in [-0.4, -0.2) is 75.2 Å². The number of urea groups is 1. The van der Waals surface area contributed by atoms with Crippen LogP contribution >= 0.6 is 0 Å². The van der Waals surface area contributed by atoms with Crippen LogP contribution in [0.4, 0.5) is 4.79 Å². The second-order valence-electron chi connectivity index (χ2n) is 8.91. The van der Waals surface area contributed by atoms with Crippen LogP contribution in [0.2, 0.25) is 0 Å². The summed E-state index contributed by atoms with van der Waals surface area (Å²) in [6.07, 6.45) is 2.92. The molecule has 8 heteroatoms. The van der Waals surface area contributed by atoms with Crippen molar-refractivity contribution in [2.75, 3.05) is 41.4 Å². The van der Waals surface area contributed by atoms with Gasteiger partial charge < -0.3 is 24.4 Å². The molecule has 0 saturated carbocycles. The summed E-state index contributed by atoms with van der Waals surface area (Å²) >= 11 is 0. The van der Waals surface area contributed by atoms with Gasteiger partial charge in [0.15, 0.2) is 11.5 Å². The van der Waals surface area contributed by atoms with E-state index in [1.54, 1.807) is 21.3 Å². The number of fused-ring (bicyclic) bond motifs is 1. The van der Waals surface area contributed by atoms with Crippen molar-refractivity contribution in [3.8, 4) is 17.2 Å². The molecule has 182 valence electrons. The number of methoxy groups -OCH3 is 2. The number of hydrogen-bond donors (Lipinski definition) is 1. The van der Waals surface area contributed by atoms with Crippen LogP contribution in [-0.2, 0) is 6.42 Å². The molecule has 1 unspecified atom stereocenters. The molecule has 2 aliphatic rings. The number of likely N-dealkylation sites (tertiary alicyclic amines) is 1. The molecule has 8 nitrogen and oxygen atoms in total. The molecule has 2 aromatic carbocycles. The first-order chi connectivity index (χ1) is 16.4. The summed E-state index contributed by atoms with van der Waals surface area (Å²) in [4.78, 5) is 15.0. The lowest BCUT2D eigenvalue weighted by Crippen LogP contribution is -2.41. The first-order valence-corrected chi connectivity index (χ1v) is 11.7. The third-order valence-electron chi connectivity index (χ3n) is 6.52. The highest BCUT2D eigenvalue weighted by atomic mass is 16.5. The van der Waals surface area contributed by atoms with Crippen molar-refractivity contribution < 1.29 is 19.0 Å². The van der Waals surface area contributed by atoms with E-state index in [-0.39, 0.29) is 18.2 Å². The maximum absolute atomic E-state index is 12.6. The minimum Gasteiger partial charge on any atom is -0.493 e. The summed E-state index contributed by atoms with van der Waals surface area (Å²) in [5.41, 5.74) is 3.56. The van der Waals surface area contributed by atoms with Crippen molar-refractivity contribution in [2.24, 2.45) is 5.10 Å². The number of ether oxygens (including phenoxy) is 3. The molecule has 0 spiro atoms. The van der Waals surface area contributed by atoms with Crippen LogP contribution in [0.5, 0.6) is 17.2 Å². The van der Waals surface area contributed by atoms with E-state index in [0.29, 0.717) is 23.6 Å². The number of benzene rings is 2. The van der Waals surface area contributed by atoms with Crippen molar-refractivity contribution in [2.45, 2.75) is 38.3 Å². The summed E-state index contributed by atoms with van der Waals surface area (Å²) in [5.74, 6) is 2.12. The molecule has 4 rings (SSSR count). The largest absolute Gasteiger partial charge is 0.493 e. The van der Waals surface area contributed by atoms with Gasteiger partial charge in [-0.3, -0.25) is 0 Å². The van der Waals surface area contributed by atoms with E-state index >= 15 is 0 Å². The predicted molar refractivity (Wildman–Crippen MR) is 132 cm³/mol. The van der Waals surface area contributed by atoms with E-state index in [4.69, 9.17) is 19.3 Å². The highest BCUT2D eigenvalue weighted by molar-refractivity contribution is 6.14. The first kappa shape index (κ1) is 23.9. The number of nitrogens with one attached hydrogen (secondary N) is 1. The minimum atomic E-state index is -0.251. The lowest BCUT2D eigenvalue weighted by atomic mass is 9.94. The number of carbonyl (C=O) groups is 1. The van der Waals surface area contributed by atoms with Crippen LogP contribution in [0.3, 0.4) is 0 Å². The number of rotatable bonds is 5. The van der Waals surface area contributed by atoms with Gasteiger partial charge in [0.2, 0.25) is 0 Å². The quantitative estimate of drug-likeness (QED) is 0.730. The van der Waals surface area contributed by atoms with Crippen molar-refractivity contribution in [3.05, 3.63) is 53.1 Å². The highest BCUT2D eigenvalue weighted by Gasteiger charge is 2.28. The van der Waals surface area contributed by atoms with Gasteiger partial charge in [-0.15, -0.1) is 0 Å². The second kappa shape index (κ2) is 10.3. The van der Waals surface area contributed by atoms with E-state index in [1.165, 1.54) is 5.01 Å². The van der Waals surface area contributed by atoms with Gasteiger partial charge >= 0.3 is 6.03 Å². The van der Waals surface area contributed by atoms with Crippen LogP contribution < -0.4 is 19.5 Å². The third kappa shape index (κ3) is 4.97. The maximum Gasteiger partial charge on any atom is 0.337 e. The van der Waals surface area contributed by atoms with Gasteiger partial charge in [0.05, 0.1) is 26.0 Å². The van der Waals surface area contributed by atoms with Crippen molar-refractivity contribution in [1.29, 1.82) is 0 Å². The maximum atomic E-state index is 12.6. The Hall–Kier alpha value is -3.26. The van der Waals surface area contributed by atoms with Crippen LogP contribution in [0.25, 0.3) is 0 Å². The fourth-order valence-corrected chi connectivity index (χ4v) is 4.54. The summed E-state index contributed by atoms with van der Waals surface area (Å²) in [6.45, 7) is 4.09. The summed E-state index contributed by atoms with van der Waals surface area (Å²) in [6, 6.07) is 11.5. The monoisotopic (exact) mass is 466 g/mol.